The largest absolute Gasteiger partial charge is 0.493 e. The normalized spacial score (nSPS) is 19.7. The van der Waals surface area contributed by atoms with E-state index < -0.39 is 12.8 Å². The molecule has 30 heavy (non-hydrogen) atoms. The van der Waals surface area contributed by atoms with Gasteiger partial charge in [0.15, 0.2) is 11.5 Å². The molecule has 0 amide bonds. The number of para-hydroxylation sites is 1. The number of halogens is 2. The zero-order valence-corrected chi connectivity index (χ0v) is 16.8. The number of ether oxygens (including phenoxy) is 3. The summed E-state index contributed by atoms with van der Waals surface area (Å²) in [5.74, 6) is 1.43. The van der Waals surface area contributed by atoms with E-state index >= 15 is 0 Å². The maximum absolute atomic E-state index is 12.5. The van der Waals surface area contributed by atoms with Crippen LogP contribution in [-0.2, 0) is 0 Å². The molecule has 2 unspecified atom stereocenters. The molecule has 2 aliphatic rings. The molecule has 0 radical (unpaired) electrons. The van der Waals surface area contributed by atoms with Gasteiger partial charge in [-0.1, -0.05) is 18.2 Å². The first kappa shape index (κ1) is 18.9. The molecule has 2 atom stereocenters. The first-order chi connectivity index (χ1) is 14.6. The van der Waals surface area contributed by atoms with Crippen LogP contribution in [0.15, 0.2) is 65.1 Å². The number of alkyl halides is 2. The van der Waals surface area contributed by atoms with Crippen LogP contribution in [0.2, 0.25) is 0 Å². The van der Waals surface area contributed by atoms with E-state index in [1.807, 2.05) is 34.7 Å². The van der Waals surface area contributed by atoms with Crippen LogP contribution in [0.5, 0.6) is 17.2 Å². The van der Waals surface area contributed by atoms with Crippen molar-refractivity contribution in [2.24, 2.45) is 5.10 Å². The molecule has 2 aliphatic heterocycles. The second kappa shape index (κ2) is 7.60. The summed E-state index contributed by atoms with van der Waals surface area (Å²) < 4.78 is 41.3. The summed E-state index contributed by atoms with van der Waals surface area (Å²) in [6, 6.07) is 16.3. The highest BCUT2D eigenvalue weighted by Gasteiger charge is 2.42. The number of hydrogen-bond donors (Lipinski definition) is 0. The third-order valence-electron chi connectivity index (χ3n) is 5.20. The smallest absolute Gasteiger partial charge is 0.387 e. The first-order valence-corrected chi connectivity index (χ1v) is 10.3. The maximum Gasteiger partial charge on any atom is 0.387 e. The van der Waals surface area contributed by atoms with Crippen LogP contribution >= 0.6 is 11.3 Å². The second-order valence-electron chi connectivity index (χ2n) is 6.92. The highest BCUT2D eigenvalue weighted by molar-refractivity contribution is 7.12. The van der Waals surface area contributed by atoms with Gasteiger partial charge in [0, 0.05) is 17.5 Å². The summed E-state index contributed by atoms with van der Waals surface area (Å²) in [5.41, 5.74) is 2.80. The Morgan fingerprint density at radius 3 is 2.67 bits per heavy atom. The third-order valence-corrected chi connectivity index (χ3v) is 6.12. The Balaban J connectivity index is 1.55. The van der Waals surface area contributed by atoms with Crippen LogP contribution in [0.3, 0.4) is 0 Å². The molecule has 1 aromatic heterocycles. The van der Waals surface area contributed by atoms with Crippen LogP contribution in [0.1, 0.15) is 34.7 Å². The van der Waals surface area contributed by atoms with Crippen molar-refractivity contribution in [3.8, 4) is 17.2 Å². The predicted octanol–water partition coefficient (Wildman–Crippen LogP) is 5.60. The Hall–Kier alpha value is -3.13. The van der Waals surface area contributed by atoms with Gasteiger partial charge in [-0.05, 0) is 41.8 Å². The second-order valence-corrected chi connectivity index (χ2v) is 7.87. The van der Waals surface area contributed by atoms with Crippen LogP contribution in [0.4, 0.5) is 8.78 Å². The molecule has 0 aliphatic carbocycles. The summed E-state index contributed by atoms with van der Waals surface area (Å²) in [6.07, 6.45) is 0.226. The lowest BCUT2D eigenvalue weighted by Crippen LogP contribution is -2.33. The number of fused-ring (bicyclic) bond motifs is 3. The summed E-state index contributed by atoms with van der Waals surface area (Å²) >= 11 is 1.65. The van der Waals surface area contributed by atoms with Crippen molar-refractivity contribution in [3.05, 3.63) is 76.0 Å². The molecule has 2 aromatic carbocycles. The molecule has 0 spiro atoms. The van der Waals surface area contributed by atoms with Crippen LogP contribution < -0.4 is 14.2 Å². The number of hydrazone groups is 1. The topological polar surface area (TPSA) is 43.3 Å². The molecule has 0 saturated heterocycles. The van der Waals surface area contributed by atoms with E-state index in [0.29, 0.717) is 11.5 Å². The highest BCUT2D eigenvalue weighted by atomic mass is 32.1. The predicted molar refractivity (Wildman–Crippen MR) is 109 cm³/mol. The molecule has 154 valence electrons. The van der Waals surface area contributed by atoms with Crippen molar-refractivity contribution in [3.63, 3.8) is 0 Å². The Morgan fingerprint density at radius 1 is 1.13 bits per heavy atom. The molecule has 5 rings (SSSR count). The Morgan fingerprint density at radius 2 is 1.97 bits per heavy atom. The van der Waals surface area contributed by atoms with E-state index in [4.69, 9.17) is 14.6 Å². The maximum atomic E-state index is 12.5. The third kappa shape index (κ3) is 3.27. The fourth-order valence-corrected chi connectivity index (χ4v) is 4.59. The van der Waals surface area contributed by atoms with Crippen molar-refractivity contribution < 1.29 is 23.0 Å². The van der Waals surface area contributed by atoms with Crippen molar-refractivity contribution in [1.29, 1.82) is 0 Å². The molecule has 0 fully saturated rings. The summed E-state index contributed by atoms with van der Waals surface area (Å²) in [5, 5.41) is 8.85. The van der Waals surface area contributed by atoms with E-state index in [1.165, 1.54) is 12.1 Å². The number of thiophene rings is 1. The van der Waals surface area contributed by atoms with Gasteiger partial charge in [0.2, 0.25) is 6.23 Å². The van der Waals surface area contributed by atoms with Gasteiger partial charge in [0.25, 0.3) is 0 Å². The lowest BCUT2D eigenvalue weighted by molar-refractivity contribution is -0.0500. The molecular formula is C22H18F2N2O3S. The molecule has 5 nitrogen and oxygen atoms in total. The van der Waals surface area contributed by atoms with Crippen LogP contribution in [0.25, 0.3) is 0 Å². The van der Waals surface area contributed by atoms with Crippen molar-refractivity contribution in [1.82, 2.24) is 5.01 Å². The Bertz CT molecular complexity index is 1070. The number of methoxy groups -OCH3 is 1. The van der Waals surface area contributed by atoms with Gasteiger partial charge in [-0.25, -0.2) is 5.01 Å². The summed E-state index contributed by atoms with van der Waals surface area (Å²) in [7, 11) is 1.61. The Labute approximate surface area is 176 Å². The van der Waals surface area contributed by atoms with Gasteiger partial charge in [-0.3, -0.25) is 0 Å². The molecule has 0 saturated carbocycles. The molecule has 3 heterocycles. The van der Waals surface area contributed by atoms with E-state index in [9.17, 15) is 8.78 Å². The van der Waals surface area contributed by atoms with E-state index in [1.54, 1.807) is 30.6 Å². The average molecular weight is 428 g/mol. The van der Waals surface area contributed by atoms with Gasteiger partial charge >= 0.3 is 6.61 Å². The number of benzene rings is 2. The zero-order chi connectivity index (χ0) is 20.7. The summed E-state index contributed by atoms with van der Waals surface area (Å²) in [6.45, 7) is -2.86. The highest BCUT2D eigenvalue weighted by Crippen LogP contribution is 2.50. The molecular weight excluding hydrogens is 410 g/mol. The average Bonchev–Trinajstić information content (AvgIpc) is 3.43. The van der Waals surface area contributed by atoms with Crippen molar-refractivity contribution in [2.75, 3.05) is 7.11 Å². The minimum absolute atomic E-state index is 0.0112. The monoisotopic (exact) mass is 428 g/mol. The van der Waals surface area contributed by atoms with Gasteiger partial charge in [0.05, 0.1) is 23.7 Å². The van der Waals surface area contributed by atoms with Gasteiger partial charge < -0.3 is 14.2 Å². The number of hydrogen-bond acceptors (Lipinski definition) is 6. The van der Waals surface area contributed by atoms with E-state index in [0.717, 1.165) is 28.1 Å². The van der Waals surface area contributed by atoms with E-state index in [2.05, 4.69) is 10.8 Å². The lowest BCUT2D eigenvalue weighted by Gasteiger charge is -2.38. The van der Waals surface area contributed by atoms with Crippen molar-refractivity contribution >= 4 is 17.0 Å². The quantitative estimate of drug-likeness (QED) is 0.531. The summed E-state index contributed by atoms with van der Waals surface area (Å²) in [4.78, 5) is 1.12. The van der Waals surface area contributed by atoms with Gasteiger partial charge in [-0.2, -0.15) is 13.9 Å². The molecule has 0 bridgehead atoms. The minimum atomic E-state index is -2.86. The SMILES string of the molecule is COc1cccc2c1OC(c1ccc(OC(F)F)cc1)N1N=C(c3cccs3)CC21. The zero-order valence-electron chi connectivity index (χ0n) is 16.0. The molecule has 8 heteroatoms. The Kier molecular flexibility index (Phi) is 4.78. The van der Waals surface area contributed by atoms with E-state index in [-0.39, 0.29) is 11.8 Å². The van der Waals surface area contributed by atoms with Crippen molar-refractivity contribution in [2.45, 2.75) is 25.3 Å². The standard InChI is InChI=1S/C22H18F2N2O3S/c1-27-18-5-2-4-15-17-12-16(19-6-3-11-30-19)25-26(17)21(29-20(15)18)13-7-9-14(10-8-13)28-22(23)24/h2-11,17,21-22H,12H2,1H3. The first-order valence-electron chi connectivity index (χ1n) is 9.42. The van der Waals surface area contributed by atoms with Crippen LogP contribution in [0, 0.1) is 0 Å². The van der Waals surface area contributed by atoms with Gasteiger partial charge in [0.1, 0.15) is 5.75 Å². The molecule has 0 N–H and O–H groups in total. The number of nitrogens with zero attached hydrogens (tertiary/aromatic N) is 2. The fraction of sp³-hybridized carbons (Fsp3) is 0.227. The fourth-order valence-electron chi connectivity index (χ4n) is 3.87. The molecule has 3 aromatic rings. The van der Waals surface area contributed by atoms with Crippen LogP contribution in [-0.4, -0.2) is 24.4 Å². The minimum Gasteiger partial charge on any atom is -0.493 e. The number of rotatable bonds is 5. The van der Waals surface area contributed by atoms with Gasteiger partial charge in [-0.15, -0.1) is 11.3 Å². The lowest BCUT2D eigenvalue weighted by atomic mass is 9.97.